The van der Waals surface area contributed by atoms with Crippen molar-refractivity contribution < 1.29 is 29.4 Å². The van der Waals surface area contributed by atoms with E-state index in [0.29, 0.717) is 11.4 Å². The predicted molar refractivity (Wildman–Crippen MR) is 130 cm³/mol. The fraction of sp³-hybridized carbons (Fsp3) is 0.120. The summed E-state index contributed by atoms with van der Waals surface area (Å²) in [4.78, 5) is 48.4. The zero-order valence-corrected chi connectivity index (χ0v) is 19.2. The molecule has 1 unspecified atom stereocenters. The lowest BCUT2D eigenvalue weighted by Crippen LogP contribution is -2.23. The minimum atomic E-state index is -1.19. The number of benzene rings is 3. The van der Waals surface area contributed by atoms with Crippen molar-refractivity contribution in [2.75, 3.05) is 10.6 Å². The van der Waals surface area contributed by atoms with Crippen molar-refractivity contribution in [1.29, 1.82) is 0 Å². The molecule has 34 heavy (non-hydrogen) atoms. The van der Waals surface area contributed by atoms with Gasteiger partial charge in [0.2, 0.25) is 5.91 Å². The van der Waals surface area contributed by atoms with Crippen molar-refractivity contribution in [2.24, 2.45) is 0 Å². The Morgan fingerprint density at radius 3 is 2.09 bits per heavy atom. The normalized spacial score (nSPS) is 11.4. The zero-order chi connectivity index (χ0) is 24.8. The average Bonchev–Trinajstić information content (AvgIpc) is 2.81. The summed E-state index contributed by atoms with van der Waals surface area (Å²) in [6.45, 7) is 3.51. The smallest absolute Gasteiger partial charge is 0.336 e. The number of carboxylic acid groups (broad SMARTS) is 2. The molecule has 0 bridgehead atoms. The molecule has 3 aromatic carbocycles. The number of rotatable bonds is 8. The summed E-state index contributed by atoms with van der Waals surface area (Å²) in [6.07, 6.45) is 0. The maximum absolute atomic E-state index is 12.6. The number of hydrogen-bond acceptors (Lipinski definition) is 5. The first kappa shape index (κ1) is 24.5. The Balaban J connectivity index is 1.63. The van der Waals surface area contributed by atoms with Gasteiger partial charge in [-0.1, -0.05) is 18.2 Å². The highest BCUT2D eigenvalue weighted by Gasteiger charge is 2.18. The third-order valence-corrected chi connectivity index (χ3v) is 6.05. The van der Waals surface area contributed by atoms with Crippen LogP contribution in [0.4, 0.5) is 11.4 Å². The molecule has 3 rings (SSSR count). The largest absolute Gasteiger partial charge is 0.478 e. The molecule has 0 radical (unpaired) electrons. The topological polar surface area (TPSA) is 133 Å². The van der Waals surface area contributed by atoms with Gasteiger partial charge >= 0.3 is 11.9 Å². The molecule has 8 nitrogen and oxygen atoms in total. The van der Waals surface area contributed by atoms with Crippen LogP contribution in [0.2, 0.25) is 0 Å². The number of carbonyl (C=O) groups is 4. The van der Waals surface area contributed by atoms with E-state index < -0.39 is 23.1 Å². The van der Waals surface area contributed by atoms with Gasteiger partial charge < -0.3 is 20.8 Å². The summed E-state index contributed by atoms with van der Waals surface area (Å²) < 4.78 is 0. The van der Waals surface area contributed by atoms with E-state index in [-0.39, 0.29) is 22.6 Å². The maximum Gasteiger partial charge on any atom is 0.336 e. The SMILES string of the molecule is Cc1ccc(C(=O)O)cc1NC(=O)C(C)Sc1ccc(NC(=O)c2ccccc2C(=O)O)cc1. The second-order valence-corrected chi connectivity index (χ2v) is 8.83. The Bertz CT molecular complexity index is 1260. The number of nitrogens with one attached hydrogen (secondary N) is 2. The Hall–Kier alpha value is -4.11. The molecule has 0 aliphatic rings. The summed E-state index contributed by atoms with van der Waals surface area (Å²) in [7, 11) is 0. The first-order chi connectivity index (χ1) is 16.2. The van der Waals surface area contributed by atoms with Gasteiger partial charge in [0.25, 0.3) is 5.91 Å². The van der Waals surface area contributed by atoms with Gasteiger partial charge in [-0.15, -0.1) is 11.8 Å². The van der Waals surface area contributed by atoms with Gasteiger partial charge in [-0.3, -0.25) is 9.59 Å². The number of carboxylic acids is 2. The predicted octanol–water partition coefficient (Wildman–Crippen LogP) is 4.76. The van der Waals surface area contributed by atoms with E-state index >= 15 is 0 Å². The molecule has 0 fully saturated rings. The van der Waals surface area contributed by atoms with Crippen molar-refractivity contribution >= 4 is 46.9 Å². The third-order valence-electron chi connectivity index (χ3n) is 4.94. The minimum Gasteiger partial charge on any atom is -0.478 e. The van der Waals surface area contributed by atoms with E-state index in [1.54, 1.807) is 56.3 Å². The standard InChI is InChI=1S/C25H22N2O6S/c1-14-7-8-16(24(30)31)13-21(14)27-22(28)15(2)34-18-11-9-17(10-12-18)26-23(29)19-5-3-4-6-20(19)25(32)33/h3-13,15H,1-2H3,(H,26,29)(H,27,28)(H,30,31)(H,32,33). The van der Waals surface area contributed by atoms with Crippen molar-refractivity contribution in [3.63, 3.8) is 0 Å². The van der Waals surface area contributed by atoms with Crippen LogP contribution < -0.4 is 10.6 Å². The molecule has 0 aliphatic carbocycles. The number of hydrogen-bond donors (Lipinski definition) is 4. The Kier molecular flexibility index (Phi) is 7.70. The summed E-state index contributed by atoms with van der Waals surface area (Å²) in [5, 5.41) is 23.4. The van der Waals surface area contributed by atoms with Gasteiger partial charge in [0.15, 0.2) is 0 Å². The third kappa shape index (κ3) is 6.02. The molecule has 174 valence electrons. The lowest BCUT2D eigenvalue weighted by Gasteiger charge is -2.14. The van der Waals surface area contributed by atoms with Crippen molar-refractivity contribution in [1.82, 2.24) is 0 Å². The minimum absolute atomic E-state index is 0.0565. The highest BCUT2D eigenvalue weighted by molar-refractivity contribution is 8.00. The molecule has 9 heteroatoms. The van der Waals surface area contributed by atoms with Gasteiger partial charge in [-0.05, 0) is 67.9 Å². The first-order valence-corrected chi connectivity index (χ1v) is 11.1. The van der Waals surface area contributed by atoms with Crippen LogP contribution in [0.1, 0.15) is 43.6 Å². The number of carbonyl (C=O) groups excluding carboxylic acids is 2. The molecular weight excluding hydrogens is 456 g/mol. The number of amides is 2. The van der Waals surface area contributed by atoms with Crippen LogP contribution >= 0.6 is 11.8 Å². The molecule has 0 spiro atoms. The lowest BCUT2D eigenvalue weighted by molar-refractivity contribution is -0.115. The van der Waals surface area contributed by atoms with Crippen molar-refractivity contribution in [2.45, 2.75) is 24.0 Å². The van der Waals surface area contributed by atoms with Crippen molar-refractivity contribution in [3.8, 4) is 0 Å². The first-order valence-electron chi connectivity index (χ1n) is 10.2. The van der Waals surface area contributed by atoms with Crippen LogP contribution in [-0.4, -0.2) is 39.2 Å². The number of thioether (sulfide) groups is 1. The molecule has 0 aliphatic heterocycles. The molecule has 0 heterocycles. The fourth-order valence-electron chi connectivity index (χ4n) is 3.06. The van der Waals surface area contributed by atoms with Crippen LogP contribution in [0.25, 0.3) is 0 Å². The second kappa shape index (κ2) is 10.7. The highest BCUT2D eigenvalue weighted by atomic mass is 32.2. The van der Waals surface area contributed by atoms with Gasteiger partial charge in [-0.2, -0.15) is 0 Å². The van der Waals surface area contributed by atoms with Gasteiger partial charge in [0, 0.05) is 16.3 Å². The van der Waals surface area contributed by atoms with Gasteiger partial charge in [-0.25, -0.2) is 9.59 Å². The molecule has 3 aromatic rings. The summed E-state index contributed by atoms with van der Waals surface area (Å²) in [6, 6.07) is 17.3. The van der Waals surface area contributed by atoms with E-state index in [2.05, 4.69) is 10.6 Å². The quantitative estimate of drug-likeness (QED) is 0.343. The molecule has 2 amide bonds. The van der Waals surface area contributed by atoms with E-state index in [4.69, 9.17) is 5.11 Å². The summed E-state index contributed by atoms with van der Waals surface area (Å²) in [5.74, 6) is -3.07. The van der Waals surface area contributed by atoms with Crippen LogP contribution in [-0.2, 0) is 4.79 Å². The van der Waals surface area contributed by atoms with E-state index in [9.17, 15) is 24.3 Å². The molecule has 0 saturated heterocycles. The van der Waals surface area contributed by atoms with Crippen LogP contribution in [0.3, 0.4) is 0 Å². The molecule has 4 N–H and O–H groups in total. The fourth-order valence-corrected chi connectivity index (χ4v) is 3.93. The monoisotopic (exact) mass is 478 g/mol. The number of aromatic carboxylic acids is 2. The van der Waals surface area contributed by atoms with Crippen LogP contribution in [0.5, 0.6) is 0 Å². The Morgan fingerprint density at radius 1 is 0.824 bits per heavy atom. The summed E-state index contributed by atoms with van der Waals surface area (Å²) >= 11 is 1.30. The van der Waals surface area contributed by atoms with E-state index in [0.717, 1.165) is 10.5 Å². The average molecular weight is 479 g/mol. The zero-order valence-electron chi connectivity index (χ0n) is 18.4. The van der Waals surface area contributed by atoms with Gasteiger partial charge in [0.05, 0.1) is 21.9 Å². The Labute approximate surface area is 200 Å². The molecule has 1 atom stereocenters. The van der Waals surface area contributed by atoms with Gasteiger partial charge in [0.1, 0.15) is 0 Å². The number of anilines is 2. The Morgan fingerprint density at radius 2 is 1.47 bits per heavy atom. The number of aryl methyl sites for hydroxylation is 1. The molecular formula is C25H22N2O6S. The molecule has 0 aromatic heterocycles. The van der Waals surface area contributed by atoms with E-state index in [1.807, 2.05) is 0 Å². The van der Waals surface area contributed by atoms with Crippen molar-refractivity contribution in [3.05, 3.63) is 89.0 Å². The molecule has 0 saturated carbocycles. The highest BCUT2D eigenvalue weighted by Crippen LogP contribution is 2.27. The second-order valence-electron chi connectivity index (χ2n) is 7.41. The summed E-state index contributed by atoms with van der Waals surface area (Å²) in [5.41, 5.74) is 1.73. The van der Waals surface area contributed by atoms with E-state index in [1.165, 1.54) is 36.0 Å². The lowest BCUT2D eigenvalue weighted by atomic mass is 10.1. The van der Waals surface area contributed by atoms with Crippen LogP contribution in [0.15, 0.2) is 71.6 Å². The maximum atomic E-state index is 12.6. The van der Waals surface area contributed by atoms with Crippen LogP contribution in [0, 0.1) is 6.92 Å².